The van der Waals surface area contributed by atoms with Crippen LogP contribution in [-0.4, -0.2) is 77.1 Å². The zero-order chi connectivity index (χ0) is 42.0. The largest absolute Gasteiger partial charge is 0.490 e. The standard InChI is InChI=1S/C49H78N2O7/c1-8-12-13-14-15-16-17-18-19-26-45(54)51(29-9-2)44-36-42(50-58-48(5,6)7)40-34-37(24-20-22-30-52)39(25-21-23-31-53)46-41-35-38(55-32-10-3)27-28-43(41)57-49(44,47(40)46)56-33-11-4/h10-11,27-28,34-35,37,39,44,46-47,52-53H,3-4,8-9,12-26,29-33,36H2,1-2,5-7H3/t37-,39+,44-,46+,47+,49+/m0/s1. The lowest BCUT2D eigenvalue weighted by molar-refractivity contribution is -0.257. The van der Waals surface area contributed by atoms with E-state index in [-0.39, 0.29) is 49.4 Å². The Kier molecular flexibility index (Phi) is 19.8. The summed E-state index contributed by atoms with van der Waals surface area (Å²) in [5.41, 5.74) is 2.40. The Balaban J connectivity index is 1.88. The number of carbonyl (C=O) groups excluding carboxylic acids is 1. The molecule has 6 atom stereocenters. The molecular weight excluding hydrogens is 729 g/mol. The van der Waals surface area contributed by atoms with Crippen molar-refractivity contribution >= 4 is 11.6 Å². The minimum absolute atomic E-state index is 0.0859. The van der Waals surface area contributed by atoms with Gasteiger partial charge in [-0.25, -0.2) is 0 Å². The average molecular weight is 807 g/mol. The van der Waals surface area contributed by atoms with Crippen molar-refractivity contribution in [3.63, 3.8) is 0 Å². The molecule has 1 amide bonds. The summed E-state index contributed by atoms with van der Waals surface area (Å²) in [6.07, 6.45) is 23.3. The van der Waals surface area contributed by atoms with Crippen LogP contribution >= 0.6 is 0 Å². The van der Waals surface area contributed by atoms with Gasteiger partial charge in [0, 0.05) is 44.1 Å². The first-order valence-corrected chi connectivity index (χ1v) is 22.9. The molecule has 0 radical (unpaired) electrons. The van der Waals surface area contributed by atoms with E-state index in [1.165, 1.54) is 38.5 Å². The Bertz CT molecular complexity index is 1480. The van der Waals surface area contributed by atoms with Gasteiger partial charge in [-0.3, -0.25) is 4.79 Å². The molecule has 4 rings (SSSR count). The van der Waals surface area contributed by atoms with Crippen LogP contribution in [-0.2, 0) is 14.4 Å². The fourth-order valence-corrected chi connectivity index (χ4v) is 9.51. The van der Waals surface area contributed by atoms with E-state index in [0.29, 0.717) is 32.4 Å². The highest BCUT2D eigenvalue weighted by atomic mass is 16.7. The third-order valence-electron chi connectivity index (χ3n) is 12.1. The monoisotopic (exact) mass is 807 g/mol. The third kappa shape index (κ3) is 12.7. The van der Waals surface area contributed by atoms with Crippen LogP contribution in [0.4, 0.5) is 0 Å². The molecular formula is C49H78N2O7. The fourth-order valence-electron chi connectivity index (χ4n) is 9.51. The van der Waals surface area contributed by atoms with Gasteiger partial charge in [-0.15, -0.1) is 6.58 Å². The van der Waals surface area contributed by atoms with Gasteiger partial charge in [-0.05, 0) is 94.9 Å². The molecule has 326 valence electrons. The van der Waals surface area contributed by atoms with Crippen molar-refractivity contribution in [1.29, 1.82) is 0 Å². The molecule has 1 saturated carbocycles. The summed E-state index contributed by atoms with van der Waals surface area (Å²) in [6, 6.07) is 5.59. The first kappa shape index (κ1) is 47.5. The van der Waals surface area contributed by atoms with Crippen molar-refractivity contribution in [1.82, 2.24) is 4.90 Å². The number of aliphatic hydroxyl groups excluding tert-OH is 2. The van der Waals surface area contributed by atoms with Gasteiger partial charge in [0.05, 0.1) is 18.2 Å². The molecule has 1 fully saturated rings. The van der Waals surface area contributed by atoms with E-state index < -0.39 is 17.4 Å². The van der Waals surface area contributed by atoms with Crippen LogP contribution in [0.5, 0.6) is 11.5 Å². The van der Waals surface area contributed by atoms with Crippen molar-refractivity contribution in [2.45, 2.75) is 174 Å². The molecule has 2 aliphatic carbocycles. The summed E-state index contributed by atoms with van der Waals surface area (Å²) >= 11 is 0. The van der Waals surface area contributed by atoms with Crippen molar-refractivity contribution in [2.24, 2.45) is 22.9 Å². The first-order valence-electron chi connectivity index (χ1n) is 22.9. The summed E-state index contributed by atoms with van der Waals surface area (Å²) in [6.45, 7) is 19.8. The Morgan fingerprint density at radius 1 is 0.914 bits per heavy atom. The smallest absolute Gasteiger partial charge is 0.239 e. The number of carbonyl (C=O) groups is 1. The SMILES string of the molecule is C=CCOc1ccc2c(c1)[C@H]1[C@H](CCCCO)[C@@H](CCCCO)C=C3C(=NOC(C)(C)C)C[C@H](N(CCC)C(=O)CCCCCCCCCCC)[C@@](OCC=C)(O2)[C@H]31. The van der Waals surface area contributed by atoms with Gasteiger partial charge in [0.15, 0.2) is 0 Å². The lowest BCUT2D eigenvalue weighted by Gasteiger charge is -2.60. The van der Waals surface area contributed by atoms with Gasteiger partial charge in [-0.2, -0.15) is 0 Å². The van der Waals surface area contributed by atoms with E-state index in [2.05, 4.69) is 44.0 Å². The molecule has 0 aromatic heterocycles. The number of unbranched alkanes of at least 4 members (excludes halogenated alkanes) is 10. The highest BCUT2D eigenvalue weighted by molar-refractivity contribution is 6.03. The number of fused-ring (bicyclic) bond motifs is 2. The van der Waals surface area contributed by atoms with Crippen molar-refractivity contribution in [2.75, 3.05) is 33.0 Å². The number of oxime groups is 1. The molecule has 1 aromatic carbocycles. The van der Waals surface area contributed by atoms with Crippen molar-refractivity contribution < 1.29 is 34.1 Å². The van der Waals surface area contributed by atoms with Crippen LogP contribution in [0, 0.1) is 17.8 Å². The van der Waals surface area contributed by atoms with E-state index in [4.69, 9.17) is 24.2 Å². The summed E-state index contributed by atoms with van der Waals surface area (Å²) in [5, 5.41) is 24.7. The average Bonchev–Trinajstić information content (AvgIpc) is 3.20. The number of benzene rings is 1. The summed E-state index contributed by atoms with van der Waals surface area (Å²) < 4.78 is 20.6. The van der Waals surface area contributed by atoms with E-state index in [1.807, 2.05) is 32.9 Å². The summed E-state index contributed by atoms with van der Waals surface area (Å²) in [4.78, 5) is 23.0. The lowest BCUT2D eigenvalue weighted by Crippen LogP contribution is -2.70. The van der Waals surface area contributed by atoms with Gasteiger partial charge in [0.25, 0.3) is 0 Å². The van der Waals surface area contributed by atoms with E-state index in [1.54, 1.807) is 12.2 Å². The Morgan fingerprint density at radius 2 is 1.59 bits per heavy atom. The Morgan fingerprint density at radius 3 is 2.22 bits per heavy atom. The topological polar surface area (TPSA) is 110 Å². The number of hydrogen-bond acceptors (Lipinski definition) is 8. The molecule has 3 aliphatic rings. The molecule has 2 N–H and O–H groups in total. The summed E-state index contributed by atoms with van der Waals surface area (Å²) in [7, 11) is 0. The number of aliphatic hydroxyl groups is 2. The Labute approximate surface area is 351 Å². The quantitative estimate of drug-likeness (QED) is 0.0493. The number of allylic oxidation sites excluding steroid dienone is 1. The zero-order valence-corrected chi connectivity index (χ0v) is 36.9. The van der Waals surface area contributed by atoms with E-state index >= 15 is 0 Å². The second-order valence-electron chi connectivity index (χ2n) is 17.7. The van der Waals surface area contributed by atoms with Gasteiger partial charge < -0.3 is 34.2 Å². The highest BCUT2D eigenvalue weighted by Crippen LogP contribution is 2.62. The van der Waals surface area contributed by atoms with Gasteiger partial charge in [0.1, 0.15) is 29.7 Å². The maximum absolute atomic E-state index is 14.7. The molecule has 58 heavy (non-hydrogen) atoms. The van der Waals surface area contributed by atoms with Crippen LogP contribution in [0.15, 0.2) is 60.3 Å². The second kappa shape index (κ2) is 24.2. The molecule has 9 nitrogen and oxygen atoms in total. The van der Waals surface area contributed by atoms with Crippen LogP contribution in [0.3, 0.4) is 0 Å². The van der Waals surface area contributed by atoms with Crippen LogP contribution in [0.2, 0.25) is 0 Å². The fraction of sp³-hybridized carbons (Fsp3) is 0.714. The molecule has 1 heterocycles. The van der Waals surface area contributed by atoms with E-state index in [0.717, 1.165) is 86.1 Å². The van der Waals surface area contributed by atoms with E-state index in [9.17, 15) is 15.0 Å². The maximum Gasteiger partial charge on any atom is 0.239 e. The molecule has 0 bridgehead atoms. The molecule has 1 aromatic rings. The Hall–Kier alpha value is -3.14. The predicted molar refractivity (Wildman–Crippen MR) is 235 cm³/mol. The van der Waals surface area contributed by atoms with Gasteiger partial charge in [0.2, 0.25) is 11.7 Å². The molecule has 9 heteroatoms. The minimum Gasteiger partial charge on any atom is -0.490 e. The van der Waals surface area contributed by atoms with Crippen molar-refractivity contribution in [3.05, 3.63) is 60.7 Å². The van der Waals surface area contributed by atoms with Crippen LogP contribution in [0.25, 0.3) is 0 Å². The minimum atomic E-state index is -1.24. The van der Waals surface area contributed by atoms with Crippen LogP contribution < -0.4 is 9.47 Å². The number of ether oxygens (including phenoxy) is 3. The number of rotatable bonds is 28. The molecule has 0 spiro atoms. The molecule has 1 aliphatic heterocycles. The maximum atomic E-state index is 14.7. The van der Waals surface area contributed by atoms with Crippen LogP contribution in [0.1, 0.15) is 162 Å². The normalized spacial score (nSPS) is 24.3. The number of hydrogen-bond donors (Lipinski definition) is 2. The van der Waals surface area contributed by atoms with Crippen molar-refractivity contribution in [3.8, 4) is 11.5 Å². The van der Waals surface area contributed by atoms with Gasteiger partial charge >= 0.3 is 0 Å². The number of amides is 1. The zero-order valence-electron chi connectivity index (χ0n) is 36.9. The first-order chi connectivity index (χ1) is 28.1. The molecule has 0 unspecified atom stereocenters. The lowest BCUT2D eigenvalue weighted by atomic mass is 9.55. The summed E-state index contributed by atoms with van der Waals surface area (Å²) in [5.74, 6) is 0.263. The molecule has 0 saturated heterocycles. The van der Waals surface area contributed by atoms with Gasteiger partial charge in [-0.1, -0.05) is 108 Å². The predicted octanol–water partition coefficient (Wildman–Crippen LogP) is 10.8. The second-order valence-corrected chi connectivity index (χ2v) is 17.7. The third-order valence-corrected chi connectivity index (χ3v) is 12.1. The number of nitrogens with zero attached hydrogens (tertiary/aromatic N) is 2. The highest BCUT2D eigenvalue weighted by Gasteiger charge is 2.65.